The SMILES string of the molecule is Nc1cncc(OCC2CCCN2)c1. The summed E-state index contributed by atoms with van der Waals surface area (Å²) in [6.45, 7) is 1.80. The summed E-state index contributed by atoms with van der Waals surface area (Å²) in [6.07, 6.45) is 5.73. The average Bonchev–Trinajstić information content (AvgIpc) is 2.67. The van der Waals surface area contributed by atoms with E-state index in [9.17, 15) is 0 Å². The highest BCUT2D eigenvalue weighted by Gasteiger charge is 2.14. The number of anilines is 1. The predicted molar refractivity (Wildman–Crippen MR) is 55.2 cm³/mol. The fourth-order valence-electron chi connectivity index (χ4n) is 1.61. The minimum atomic E-state index is 0.483. The Balaban J connectivity index is 1.85. The van der Waals surface area contributed by atoms with E-state index in [0.717, 1.165) is 12.3 Å². The minimum Gasteiger partial charge on any atom is -0.490 e. The summed E-state index contributed by atoms with van der Waals surface area (Å²) in [5.74, 6) is 0.749. The average molecular weight is 193 g/mol. The maximum atomic E-state index is 5.58. The van der Waals surface area contributed by atoms with Crippen LogP contribution in [0.15, 0.2) is 18.5 Å². The molecule has 0 saturated carbocycles. The number of nitrogens with zero attached hydrogens (tertiary/aromatic N) is 1. The van der Waals surface area contributed by atoms with Crippen molar-refractivity contribution in [3.05, 3.63) is 18.5 Å². The Bertz CT molecular complexity index is 297. The summed E-state index contributed by atoms with van der Waals surface area (Å²) in [5, 5.41) is 3.36. The zero-order valence-corrected chi connectivity index (χ0v) is 8.07. The van der Waals surface area contributed by atoms with Crippen LogP contribution in [0.1, 0.15) is 12.8 Å². The van der Waals surface area contributed by atoms with Gasteiger partial charge in [0.05, 0.1) is 18.1 Å². The molecule has 4 nitrogen and oxygen atoms in total. The highest BCUT2D eigenvalue weighted by Crippen LogP contribution is 2.13. The fourth-order valence-corrected chi connectivity index (χ4v) is 1.61. The molecule has 0 amide bonds. The predicted octanol–water partition coefficient (Wildman–Crippen LogP) is 0.795. The Morgan fingerprint density at radius 1 is 1.57 bits per heavy atom. The van der Waals surface area contributed by atoms with Crippen molar-refractivity contribution in [3.8, 4) is 5.75 Å². The summed E-state index contributed by atoms with van der Waals surface area (Å²) in [7, 11) is 0. The lowest BCUT2D eigenvalue weighted by Crippen LogP contribution is -2.28. The summed E-state index contributed by atoms with van der Waals surface area (Å²) >= 11 is 0. The molecule has 1 fully saturated rings. The van der Waals surface area contributed by atoms with Gasteiger partial charge in [-0.2, -0.15) is 0 Å². The van der Waals surface area contributed by atoms with Crippen molar-refractivity contribution in [1.82, 2.24) is 10.3 Å². The van der Waals surface area contributed by atoms with Crippen LogP contribution < -0.4 is 15.8 Å². The molecule has 0 radical (unpaired) electrons. The van der Waals surface area contributed by atoms with Gasteiger partial charge in [-0.3, -0.25) is 4.98 Å². The molecule has 1 saturated heterocycles. The maximum absolute atomic E-state index is 5.58. The molecule has 1 aliphatic heterocycles. The van der Waals surface area contributed by atoms with Crippen molar-refractivity contribution in [2.75, 3.05) is 18.9 Å². The van der Waals surface area contributed by atoms with Crippen LogP contribution in [-0.2, 0) is 0 Å². The standard InChI is InChI=1S/C10H15N3O/c11-8-4-10(6-12-5-8)14-7-9-2-1-3-13-9/h4-6,9,13H,1-3,7,11H2. The largest absolute Gasteiger partial charge is 0.490 e. The van der Waals surface area contributed by atoms with Crippen molar-refractivity contribution in [2.24, 2.45) is 0 Å². The number of nitrogens with two attached hydrogens (primary N) is 1. The second-order valence-corrected chi connectivity index (χ2v) is 3.56. The highest BCUT2D eigenvalue weighted by molar-refractivity contribution is 5.39. The molecule has 1 atom stereocenters. The summed E-state index contributed by atoms with van der Waals surface area (Å²) < 4.78 is 5.57. The molecule has 3 N–H and O–H groups in total. The number of nitrogens with one attached hydrogen (secondary N) is 1. The second-order valence-electron chi connectivity index (χ2n) is 3.56. The van der Waals surface area contributed by atoms with Crippen LogP contribution in [0.2, 0.25) is 0 Å². The number of rotatable bonds is 3. The highest BCUT2D eigenvalue weighted by atomic mass is 16.5. The number of ether oxygens (including phenoxy) is 1. The Kier molecular flexibility index (Phi) is 2.84. The molecular formula is C10H15N3O. The van der Waals surface area contributed by atoms with E-state index in [1.165, 1.54) is 12.8 Å². The molecule has 14 heavy (non-hydrogen) atoms. The molecule has 0 spiro atoms. The first-order valence-electron chi connectivity index (χ1n) is 4.91. The van der Waals surface area contributed by atoms with Crippen molar-refractivity contribution in [3.63, 3.8) is 0 Å². The monoisotopic (exact) mass is 193 g/mol. The molecule has 0 aromatic carbocycles. The van der Waals surface area contributed by atoms with Crippen LogP contribution in [0.4, 0.5) is 5.69 Å². The molecule has 4 heteroatoms. The van der Waals surface area contributed by atoms with Crippen LogP contribution in [0, 0.1) is 0 Å². The van der Waals surface area contributed by atoms with E-state index in [-0.39, 0.29) is 0 Å². The van der Waals surface area contributed by atoms with Gasteiger partial charge in [0.25, 0.3) is 0 Å². The van der Waals surface area contributed by atoms with Gasteiger partial charge in [-0.25, -0.2) is 0 Å². The molecule has 76 valence electrons. The first-order valence-corrected chi connectivity index (χ1v) is 4.91. The third-order valence-corrected chi connectivity index (χ3v) is 2.35. The molecule has 1 unspecified atom stereocenters. The molecule has 2 rings (SSSR count). The van der Waals surface area contributed by atoms with Crippen molar-refractivity contribution < 1.29 is 4.74 Å². The van der Waals surface area contributed by atoms with Crippen LogP contribution in [-0.4, -0.2) is 24.2 Å². The van der Waals surface area contributed by atoms with E-state index in [1.54, 1.807) is 18.5 Å². The maximum Gasteiger partial charge on any atom is 0.139 e. The van der Waals surface area contributed by atoms with E-state index in [4.69, 9.17) is 10.5 Å². The van der Waals surface area contributed by atoms with Gasteiger partial charge in [0.2, 0.25) is 0 Å². The zero-order chi connectivity index (χ0) is 9.80. The Hall–Kier alpha value is -1.29. The van der Waals surface area contributed by atoms with E-state index < -0.39 is 0 Å². The van der Waals surface area contributed by atoms with Gasteiger partial charge in [-0.05, 0) is 19.4 Å². The molecule has 0 aliphatic carbocycles. The first kappa shape index (κ1) is 9.27. The van der Waals surface area contributed by atoms with E-state index in [1.807, 2.05) is 0 Å². The smallest absolute Gasteiger partial charge is 0.139 e. The van der Waals surface area contributed by atoms with Crippen LogP contribution in [0.25, 0.3) is 0 Å². The van der Waals surface area contributed by atoms with Gasteiger partial charge in [-0.15, -0.1) is 0 Å². The van der Waals surface area contributed by atoms with Gasteiger partial charge in [-0.1, -0.05) is 0 Å². The number of aromatic nitrogens is 1. The summed E-state index contributed by atoms with van der Waals surface area (Å²) in [5.41, 5.74) is 6.22. The van der Waals surface area contributed by atoms with E-state index in [2.05, 4.69) is 10.3 Å². The van der Waals surface area contributed by atoms with Crippen LogP contribution >= 0.6 is 0 Å². The van der Waals surface area contributed by atoms with Crippen LogP contribution in [0.5, 0.6) is 5.75 Å². The lowest BCUT2D eigenvalue weighted by Gasteiger charge is -2.11. The second kappa shape index (κ2) is 4.28. The van der Waals surface area contributed by atoms with Crippen molar-refractivity contribution in [1.29, 1.82) is 0 Å². The van der Waals surface area contributed by atoms with Gasteiger partial charge in [0.1, 0.15) is 12.4 Å². The van der Waals surface area contributed by atoms with Gasteiger partial charge in [0, 0.05) is 12.1 Å². The summed E-state index contributed by atoms with van der Waals surface area (Å²) in [6, 6.07) is 2.28. The van der Waals surface area contributed by atoms with Gasteiger partial charge in [0.15, 0.2) is 0 Å². The Morgan fingerprint density at radius 2 is 2.50 bits per heavy atom. The normalized spacial score (nSPS) is 21.0. The Morgan fingerprint density at radius 3 is 3.21 bits per heavy atom. The molecule has 0 bridgehead atoms. The lowest BCUT2D eigenvalue weighted by atomic mass is 10.2. The van der Waals surface area contributed by atoms with Crippen molar-refractivity contribution in [2.45, 2.75) is 18.9 Å². The number of nitrogen functional groups attached to an aromatic ring is 1. The molecule has 1 aromatic rings. The Labute approximate surface area is 83.5 Å². The summed E-state index contributed by atoms with van der Waals surface area (Å²) in [4.78, 5) is 3.96. The van der Waals surface area contributed by atoms with Gasteiger partial charge < -0.3 is 15.8 Å². The third-order valence-electron chi connectivity index (χ3n) is 2.35. The molecule has 1 aromatic heterocycles. The van der Waals surface area contributed by atoms with Crippen LogP contribution in [0.3, 0.4) is 0 Å². The number of pyridine rings is 1. The zero-order valence-electron chi connectivity index (χ0n) is 8.07. The van der Waals surface area contributed by atoms with E-state index >= 15 is 0 Å². The van der Waals surface area contributed by atoms with Gasteiger partial charge >= 0.3 is 0 Å². The minimum absolute atomic E-state index is 0.483. The topological polar surface area (TPSA) is 60.2 Å². The van der Waals surface area contributed by atoms with E-state index in [0.29, 0.717) is 18.3 Å². The van der Waals surface area contributed by atoms with Crippen molar-refractivity contribution >= 4 is 5.69 Å². The lowest BCUT2D eigenvalue weighted by molar-refractivity contribution is 0.276. The molecule has 2 heterocycles. The number of hydrogen-bond acceptors (Lipinski definition) is 4. The first-order chi connectivity index (χ1) is 6.84. The number of hydrogen-bond donors (Lipinski definition) is 2. The quantitative estimate of drug-likeness (QED) is 0.745. The molecular weight excluding hydrogens is 178 g/mol. The molecule has 1 aliphatic rings. The fraction of sp³-hybridized carbons (Fsp3) is 0.500. The third kappa shape index (κ3) is 2.35.